The topological polar surface area (TPSA) is 54.5 Å². The lowest BCUT2D eigenvalue weighted by Gasteiger charge is -2.06. The third-order valence-electron chi connectivity index (χ3n) is 5.31. The van der Waals surface area contributed by atoms with Crippen molar-refractivity contribution in [3.63, 3.8) is 0 Å². The van der Waals surface area contributed by atoms with Gasteiger partial charge in [-0.15, -0.1) is 11.3 Å². The standard InChI is InChI=1S/C25H20N4S/c26-16-19(25-27-22-13-7-8-14-23(22)30-25)15-20-17-29(21-11-5-2-6-12-21)28-24(20)18-9-3-1-4-10-18/h1-6,9-12,15,17H,7-8,13-14H2. The van der Waals surface area contributed by atoms with Gasteiger partial charge in [0.1, 0.15) is 11.1 Å². The monoisotopic (exact) mass is 408 g/mol. The van der Waals surface area contributed by atoms with Crippen LogP contribution in [0.1, 0.15) is 34.0 Å². The molecule has 0 atom stereocenters. The second kappa shape index (κ2) is 8.10. The van der Waals surface area contributed by atoms with Crippen LogP contribution in [0.25, 0.3) is 28.6 Å². The number of aryl methyl sites for hydroxylation is 2. The Morgan fingerprint density at radius 1 is 1.00 bits per heavy atom. The number of rotatable bonds is 4. The molecule has 1 aliphatic rings. The molecule has 0 unspecified atom stereocenters. The summed E-state index contributed by atoms with van der Waals surface area (Å²) in [5, 5.41) is 15.6. The van der Waals surface area contributed by atoms with E-state index < -0.39 is 0 Å². The zero-order valence-electron chi connectivity index (χ0n) is 16.5. The molecule has 0 saturated carbocycles. The Bertz CT molecular complexity index is 1220. The van der Waals surface area contributed by atoms with Gasteiger partial charge in [-0.2, -0.15) is 10.4 Å². The van der Waals surface area contributed by atoms with E-state index in [9.17, 15) is 5.26 Å². The summed E-state index contributed by atoms with van der Waals surface area (Å²) >= 11 is 1.66. The molecular weight excluding hydrogens is 388 g/mol. The number of aromatic nitrogens is 3. The molecule has 0 spiro atoms. The Morgan fingerprint density at radius 2 is 1.73 bits per heavy atom. The van der Waals surface area contributed by atoms with E-state index >= 15 is 0 Å². The number of thiazole rings is 1. The normalized spacial score (nSPS) is 13.6. The minimum Gasteiger partial charge on any atom is -0.240 e. The van der Waals surface area contributed by atoms with Gasteiger partial charge in [0.15, 0.2) is 0 Å². The fraction of sp³-hybridized carbons (Fsp3) is 0.160. The van der Waals surface area contributed by atoms with Gasteiger partial charge in [0.25, 0.3) is 0 Å². The van der Waals surface area contributed by atoms with Gasteiger partial charge in [-0.1, -0.05) is 48.5 Å². The molecule has 0 aliphatic heterocycles. The number of para-hydroxylation sites is 1. The van der Waals surface area contributed by atoms with Gasteiger partial charge in [0.05, 0.1) is 22.6 Å². The smallest absolute Gasteiger partial charge is 0.134 e. The summed E-state index contributed by atoms with van der Waals surface area (Å²) in [6, 6.07) is 22.5. The van der Waals surface area contributed by atoms with Crippen LogP contribution < -0.4 is 0 Å². The van der Waals surface area contributed by atoms with E-state index in [0.717, 1.165) is 40.4 Å². The number of hydrogen-bond acceptors (Lipinski definition) is 4. The average molecular weight is 409 g/mol. The third-order valence-corrected chi connectivity index (χ3v) is 6.50. The molecule has 5 rings (SSSR count). The third kappa shape index (κ3) is 3.58. The van der Waals surface area contributed by atoms with E-state index in [2.05, 4.69) is 6.07 Å². The van der Waals surface area contributed by atoms with Gasteiger partial charge < -0.3 is 0 Å². The molecule has 0 N–H and O–H groups in total. The fourth-order valence-corrected chi connectivity index (χ4v) is 4.91. The van der Waals surface area contributed by atoms with Gasteiger partial charge >= 0.3 is 0 Å². The maximum atomic E-state index is 9.91. The van der Waals surface area contributed by atoms with E-state index in [1.807, 2.05) is 77.6 Å². The van der Waals surface area contributed by atoms with Crippen molar-refractivity contribution in [2.24, 2.45) is 0 Å². The molecule has 0 radical (unpaired) electrons. The molecule has 0 bridgehead atoms. The van der Waals surface area contributed by atoms with E-state index in [4.69, 9.17) is 10.1 Å². The Hall–Kier alpha value is -3.49. The van der Waals surface area contributed by atoms with Crippen LogP contribution in [-0.4, -0.2) is 14.8 Å². The highest BCUT2D eigenvalue weighted by Gasteiger charge is 2.18. The van der Waals surface area contributed by atoms with Crippen LogP contribution in [0, 0.1) is 11.3 Å². The maximum absolute atomic E-state index is 9.91. The average Bonchev–Trinajstić information content (AvgIpc) is 3.43. The molecule has 4 nitrogen and oxygen atoms in total. The lowest BCUT2D eigenvalue weighted by atomic mass is 10.0. The number of nitrogens with zero attached hydrogens (tertiary/aromatic N) is 4. The lowest BCUT2D eigenvalue weighted by Crippen LogP contribution is -1.99. The van der Waals surface area contributed by atoms with Crippen LogP contribution in [-0.2, 0) is 12.8 Å². The molecule has 2 aromatic carbocycles. The summed E-state index contributed by atoms with van der Waals surface area (Å²) in [5.74, 6) is 0. The molecular formula is C25H20N4S. The molecule has 0 fully saturated rings. The van der Waals surface area contributed by atoms with Crippen LogP contribution in [0.15, 0.2) is 66.9 Å². The first-order valence-electron chi connectivity index (χ1n) is 10.1. The van der Waals surface area contributed by atoms with E-state index in [1.54, 1.807) is 11.3 Å². The molecule has 5 heteroatoms. The first-order valence-corrected chi connectivity index (χ1v) is 10.9. The second-order valence-corrected chi connectivity index (χ2v) is 8.43. The van der Waals surface area contributed by atoms with Gasteiger partial charge in [-0.05, 0) is 43.9 Å². The van der Waals surface area contributed by atoms with Gasteiger partial charge in [-0.25, -0.2) is 9.67 Å². The number of fused-ring (bicyclic) bond motifs is 1. The van der Waals surface area contributed by atoms with Crippen LogP contribution in [0.3, 0.4) is 0 Å². The van der Waals surface area contributed by atoms with Crippen molar-refractivity contribution in [2.45, 2.75) is 25.7 Å². The quantitative estimate of drug-likeness (QED) is 0.393. The van der Waals surface area contributed by atoms with Crippen LogP contribution >= 0.6 is 11.3 Å². The summed E-state index contributed by atoms with van der Waals surface area (Å²) < 4.78 is 1.87. The van der Waals surface area contributed by atoms with Gasteiger partial charge in [0.2, 0.25) is 0 Å². The lowest BCUT2D eigenvalue weighted by molar-refractivity contribution is 0.682. The largest absolute Gasteiger partial charge is 0.240 e. The minimum atomic E-state index is 0.596. The van der Waals surface area contributed by atoms with Crippen molar-refractivity contribution >= 4 is 23.0 Å². The highest BCUT2D eigenvalue weighted by Crippen LogP contribution is 2.32. The number of benzene rings is 2. The molecule has 146 valence electrons. The molecule has 30 heavy (non-hydrogen) atoms. The summed E-state index contributed by atoms with van der Waals surface area (Å²) in [4.78, 5) is 6.12. The fourth-order valence-electron chi connectivity index (χ4n) is 3.79. The summed E-state index contributed by atoms with van der Waals surface area (Å²) in [5.41, 5.74) is 5.54. The van der Waals surface area contributed by atoms with E-state index in [0.29, 0.717) is 5.57 Å². The van der Waals surface area contributed by atoms with Crippen molar-refractivity contribution in [1.82, 2.24) is 14.8 Å². The summed E-state index contributed by atoms with van der Waals surface area (Å²) in [6.45, 7) is 0. The zero-order chi connectivity index (χ0) is 20.3. The molecule has 2 aromatic heterocycles. The predicted octanol–water partition coefficient (Wildman–Crippen LogP) is 5.94. The Labute approximate surface area is 179 Å². The van der Waals surface area contributed by atoms with Crippen molar-refractivity contribution < 1.29 is 0 Å². The Morgan fingerprint density at radius 3 is 2.47 bits per heavy atom. The zero-order valence-corrected chi connectivity index (χ0v) is 17.3. The van der Waals surface area contributed by atoms with E-state index in [-0.39, 0.29) is 0 Å². The molecule has 0 saturated heterocycles. The Kier molecular flexibility index (Phi) is 5.00. The highest BCUT2D eigenvalue weighted by molar-refractivity contribution is 7.13. The number of nitriles is 1. The molecule has 0 amide bonds. The van der Waals surface area contributed by atoms with Crippen LogP contribution in [0.5, 0.6) is 0 Å². The molecule has 2 heterocycles. The van der Waals surface area contributed by atoms with E-state index in [1.165, 1.54) is 23.4 Å². The number of hydrogen-bond donors (Lipinski definition) is 0. The van der Waals surface area contributed by atoms with Crippen LogP contribution in [0.4, 0.5) is 0 Å². The Balaban J connectivity index is 1.62. The van der Waals surface area contributed by atoms with Gasteiger partial charge in [0, 0.05) is 22.2 Å². The molecule has 1 aliphatic carbocycles. The number of allylic oxidation sites excluding steroid dienone is 1. The first kappa shape index (κ1) is 18.5. The van der Waals surface area contributed by atoms with Crippen molar-refractivity contribution in [3.8, 4) is 23.0 Å². The SMILES string of the molecule is N#CC(=Cc1cn(-c2ccccc2)nc1-c1ccccc1)c1nc2c(s1)CCCC2. The van der Waals surface area contributed by atoms with Gasteiger partial charge in [-0.3, -0.25) is 0 Å². The van der Waals surface area contributed by atoms with Crippen molar-refractivity contribution in [2.75, 3.05) is 0 Å². The summed E-state index contributed by atoms with van der Waals surface area (Å²) in [7, 11) is 0. The van der Waals surface area contributed by atoms with Crippen LogP contribution in [0.2, 0.25) is 0 Å². The predicted molar refractivity (Wildman–Crippen MR) is 121 cm³/mol. The highest BCUT2D eigenvalue weighted by atomic mass is 32.1. The molecule has 4 aromatic rings. The maximum Gasteiger partial charge on any atom is 0.134 e. The second-order valence-electron chi connectivity index (χ2n) is 7.35. The summed E-state index contributed by atoms with van der Waals surface area (Å²) in [6.07, 6.45) is 8.41. The van der Waals surface area contributed by atoms with Crippen molar-refractivity contribution in [3.05, 3.63) is 88.0 Å². The minimum absolute atomic E-state index is 0.596. The first-order chi connectivity index (χ1) is 14.8. The van der Waals surface area contributed by atoms with Crippen molar-refractivity contribution in [1.29, 1.82) is 5.26 Å².